The number of fused-ring (bicyclic) bond motifs is 1. The van der Waals surface area contributed by atoms with Crippen LogP contribution in [0.1, 0.15) is 63.8 Å². The third kappa shape index (κ3) is 2.61. The summed E-state index contributed by atoms with van der Waals surface area (Å²) in [7, 11) is 0. The van der Waals surface area contributed by atoms with E-state index in [4.69, 9.17) is 0 Å². The Hall–Kier alpha value is -1.30. The van der Waals surface area contributed by atoms with Gasteiger partial charge in [-0.15, -0.1) is 0 Å². The molecule has 0 unspecified atom stereocenters. The molecule has 0 amide bonds. The number of aryl methyl sites for hydroxylation is 2. The second-order valence-corrected chi connectivity index (χ2v) is 8.13. The van der Waals surface area contributed by atoms with E-state index in [1.165, 1.54) is 33.0 Å². The van der Waals surface area contributed by atoms with Crippen molar-refractivity contribution < 1.29 is 0 Å². The summed E-state index contributed by atoms with van der Waals surface area (Å²) >= 11 is 0. The first-order valence-electron chi connectivity index (χ1n) is 7.57. The molecule has 0 aromatic heterocycles. The molecule has 0 atom stereocenters. The Morgan fingerprint density at radius 2 is 1.35 bits per heavy atom. The quantitative estimate of drug-likeness (QED) is 0.545. The normalized spacial score (nSPS) is 13.0. The standard InChI is InChI=1S/C20H28/c1-13-11-15-12-16(19(3,4)5)9-10-17(15)14(2)18(13)20(6,7)8/h9-12H,1-8H3. The van der Waals surface area contributed by atoms with E-state index in [2.05, 4.69) is 79.7 Å². The van der Waals surface area contributed by atoms with Crippen LogP contribution in [0.2, 0.25) is 0 Å². The number of rotatable bonds is 0. The molecule has 0 spiro atoms. The maximum absolute atomic E-state index is 2.36. The Balaban J connectivity index is 2.77. The van der Waals surface area contributed by atoms with E-state index in [1.54, 1.807) is 0 Å². The van der Waals surface area contributed by atoms with Crippen LogP contribution in [0.15, 0.2) is 24.3 Å². The van der Waals surface area contributed by atoms with Gasteiger partial charge in [0.05, 0.1) is 0 Å². The van der Waals surface area contributed by atoms with Gasteiger partial charge in [-0.3, -0.25) is 0 Å². The summed E-state index contributed by atoms with van der Waals surface area (Å²) < 4.78 is 0. The Morgan fingerprint density at radius 3 is 1.85 bits per heavy atom. The minimum Gasteiger partial charge on any atom is -0.0579 e. The Morgan fingerprint density at radius 1 is 0.750 bits per heavy atom. The molecule has 0 nitrogen and oxygen atoms in total. The summed E-state index contributed by atoms with van der Waals surface area (Å²) in [6.45, 7) is 18.3. The lowest BCUT2D eigenvalue weighted by atomic mass is 9.78. The van der Waals surface area contributed by atoms with Crippen LogP contribution in [0.4, 0.5) is 0 Å². The highest BCUT2D eigenvalue weighted by molar-refractivity contribution is 5.88. The fourth-order valence-electron chi connectivity index (χ4n) is 3.38. The first kappa shape index (κ1) is 15.1. The minimum absolute atomic E-state index is 0.199. The minimum atomic E-state index is 0.199. The molecule has 0 aliphatic heterocycles. The molecule has 0 saturated heterocycles. The summed E-state index contributed by atoms with van der Waals surface area (Å²) in [6, 6.07) is 9.32. The first-order chi connectivity index (χ1) is 9.01. The largest absolute Gasteiger partial charge is 0.0579 e. The lowest BCUT2D eigenvalue weighted by Crippen LogP contribution is -2.16. The van der Waals surface area contributed by atoms with Crippen LogP contribution in [-0.2, 0) is 10.8 Å². The summed E-state index contributed by atoms with van der Waals surface area (Å²) in [5, 5.41) is 2.77. The second-order valence-electron chi connectivity index (χ2n) is 8.13. The Labute approximate surface area is 124 Å². The van der Waals surface area contributed by atoms with Gasteiger partial charge in [-0.05, 0) is 57.7 Å². The molecule has 0 N–H and O–H groups in total. The highest BCUT2D eigenvalue weighted by Gasteiger charge is 2.21. The van der Waals surface area contributed by atoms with Gasteiger partial charge in [-0.2, -0.15) is 0 Å². The zero-order valence-corrected chi connectivity index (χ0v) is 14.3. The van der Waals surface area contributed by atoms with Crippen molar-refractivity contribution in [1.29, 1.82) is 0 Å². The van der Waals surface area contributed by atoms with E-state index in [-0.39, 0.29) is 10.8 Å². The van der Waals surface area contributed by atoms with Crippen LogP contribution in [0.5, 0.6) is 0 Å². The maximum Gasteiger partial charge on any atom is -0.0126 e. The van der Waals surface area contributed by atoms with Gasteiger partial charge in [0.1, 0.15) is 0 Å². The maximum atomic E-state index is 2.36. The van der Waals surface area contributed by atoms with Crippen LogP contribution >= 0.6 is 0 Å². The molecule has 2 aromatic rings. The molecule has 0 fully saturated rings. The average Bonchev–Trinajstić information content (AvgIpc) is 2.24. The molecular weight excluding hydrogens is 240 g/mol. The molecular formula is C20H28. The van der Waals surface area contributed by atoms with Gasteiger partial charge in [0.2, 0.25) is 0 Å². The highest BCUT2D eigenvalue weighted by Crippen LogP contribution is 2.35. The molecule has 0 radical (unpaired) electrons. The lowest BCUT2D eigenvalue weighted by Gasteiger charge is -2.26. The van der Waals surface area contributed by atoms with Gasteiger partial charge in [0, 0.05) is 0 Å². The van der Waals surface area contributed by atoms with Crippen molar-refractivity contribution in [3.05, 3.63) is 46.5 Å². The van der Waals surface area contributed by atoms with Crippen molar-refractivity contribution in [3.63, 3.8) is 0 Å². The van der Waals surface area contributed by atoms with Crippen LogP contribution < -0.4 is 0 Å². The van der Waals surface area contributed by atoms with E-state index >= 15 is 0 Å². The topological polar surface area (TPSA) is 0 Å². The zero-order valence-electron chi connectivity index (χ0n) is 14.3. The van der Waals surface area contributed by atoms with Gasteiger partial charge >= 0.3 is 0 Å². The number of hydrogen-bond donors (Lipinski definition) is 0. The molecule has 0 bridgehead atoms. The van der Waals surface area contributed by atoms with Gasteiger partial charge in [-0.25, -0.2) is 0 Å². The SMILES string of the molecule is Cc1cc2cc(C(C)(C)C)ccc2c(C)c1C(C)(C)C. The molecule has 0 aliphatic carbocycles. The van der Waals surface area contributed by atoms with E-state index < -0.39 is 0 Å². The van der Waals surface area contributed by atoms with Crippen LogP contribution in [0.25, 0.3) is 10.8 Å². The van der Waals surface area contributed by atoms with Crippen molar-refractivity contribution >= 4 is 10.8 Å². The summed E-state index contributed by atoms with van der Waals surface area (Å²) in [4.78, 5) is 0. The third-order valence-electron chi connectivity index (χ3n) is 4.21. The van der Waals surface area contributed by atoms with Gasteiger partial charge in [-0.1, -0.05) is 65.8 Å². The van der Waals surface area contributed by atoms with E-state index in [9.17, 15) is 0 Å². The van der Waals surface area contributed by atoms with Gasteiger partial charge in [0.15, 0.2) is 0 Å². The summed E-state index contributed by atoms with van der Waals surface area (Å²) in [5.74, 6) is 0. The Kier molecular flexibility index (Phi) is 3.48. The van der Waals surface area contributed by atoms with Crippen molar-refractivity contribution in [2.24, 2.45) is 0 Å². The van der Waals surface area contributed by atoms with E-state index in [1.807, 2.05) is 0 Å². The fraction of sp³-hybridized carbons (Fsp3) is 0.500. The van der Waals surface area contributed by atoms with Crippen LogP contribution in [0, 0.1) is 13.8 Å². The highest BCUT2D eigenvalue weighted by atomic mass is 14.3. The molecule has 0 saturated carbocycles. The molecule has 0 heteroatoms. The monoisotopic (exact) mass is 268 g/mol. The molecule has 2 rings (SSSR count). The molecule has 0 heterocycles. The number of hydrogen-bond acceptors (Lipinski definition) is 0. The lowest BCUT2D eigenvalue weighted by molar-refractivity contribution is 0.582. The predicted molar refractivity (Wildman–Crippen MR) is 90.8 cm³/mol. The average molecular weight is 268 g/mol. The smallest absolute Gasteiger partial charge is 0.0126 e. The van der Waals surface area contributed by atoms with E-state index in [0.717, 1.165) is 0 Å². The third-order valence-corrected chi connectivity index (χ3v) is 4.21. The second kappa shape index (κ2) is 4.62. The van der Waals surface area contributed by atoms with Crippen molar-refractivity contribution in [1.82, 2.24) is 0 Å². The van der Waals surface area contributed by atoms with E-state index in [0.29, 0.717) is 0 Å². The predicted octanol–water partition coefficient (Wildman–Crippen LogP) is 6.05. The first-order valence-corrected chi connectivity index (χ1v) is 7.57. The fourth-order valence-corrected chi connectivity index (χ4v) is 3.38. The zero-order chi connectivity index (χ0) is 15.3. The Bertz CT molecular complexity index is 646. The van der Waals surface area contributed by atoms with Crippen LogP contribution in [-0.4, -0.2) is 0 Å². The van der Waals surface area contributed by atoms with Crippen molar-refractivity contribution in [2.45, 2.75) is 66.2 Å². The van der Waals surface area contributed by atoms with Crippen LogP contribution in [0.3, 0.4) is 0 Å². The number of benzene rings is 2. The molecule has 108 valence electrons. The van der Waals surface area contributed by atoms with Crippen molar-refractivity contribution in [2.75, 3.05) is 0 Å². The van der Waals surface area contributed by atoms with Gasteiger partial charge < -0.3 is 0 Å². The van der Waals surface area contributed by atoms with Gasteiger partial charge in [0.25, 0.3) is 0 Å². The summed E-state index contributed by atoms with van der Waals surface area (Å²) in [5.41, 5.74) is 6.16. The summed E-state index contributed by atoms with van der Waals surface area (Å²) in [6.07, 6.45) is 0. The van der Waals surface area contributed by atoms with Crippen molar-refractivity contribution in [3.8, 4) is 0 Å². The molecule has 20 heavy (non-hydrogen) atoms. The molecule has 2 aromatic carbocycles. The molecule has 0 aliphatic rings.